The molecular weight excluding hydrogens is 192 g/mol. The van der Waals surface area contributed by atoms with Gasteiger partial charge in [0.05, 0.1) is 0 Å². The molecule has 86 valence electrons. The first kappa shape index (κ1) is 11.8. The van der Waals surface area contributed by atoms with E-state index >= 15 is 0 Å². The normalized spacial score (nSPS) is 22.9. The Balaban J connectivity index is 2.71. The first-order chi connectivity index (χ1) is 6.83. The van der Waals surface area contributed by atoms with E-state index < -0.39 is 0 Å². The Morgan fingerprint density at radius 3 is 2.40 bits per heavy atom. The van der Waals surface area contributed by atoms with E-state index in [2.05, 4.69) is 30.8 Å². The topological polar surface area (TPSA) is 94.7 Å². The zero-order chi connectivity index (χ0) is 11.6. The molecule has 0 amide bonds. The number of aliphatic imine (C=N–C) groups is 1. The Hall–Kier alpha value is -1.30. The molecule has 1 aliphatic rings. The van der Waals surface area contributed by atoms with Crippen LogP contribution in [0.15, 0.2) is 4.99 Å². The van der Waals surface area contributed by atoms with Crippen molar-refractivity contribution in [2.75, 3.05) is 26.7 Å². The third-order valence-corrected chi connectivity index (χ3v) is 2.88. The molecule has 0 aliphatic carbocycles. The first-order valence-electron chi connectivity index (χ1n) is 4.97. The van der Waals surface area contributed by atoms with Gasteiger partial charge in [-0.1, -0.05) is 0 Å². The van der Waals surface area contributed by atoms with Crippen LogP contribution in [0.4, 0.5) is 0 Å². The van der Waals surface area contributed by atoms with Crippen LogP contribution < -0.4 is 11.5 Å². The summed E-state index contributed by atoms with van der Waals surface area (Å²) in [4.78, 5) is 8.00. The molecule has 0 bridgehead atoms. The summed E-state index contributed by atoms with van der Waals surface area (Å²) in [6.07, 6.45) is 0. The lowest BCUT2D eigenvalue weighted by Crippen LogP contribution is -2.60. The van der Waals surface area contributed by atoms with Gasteiger partial charge in [0, 0.05) is 25.2 Å². The summed E-state index contributed by atoms with van der Waals surface area (Å²) >= 11 is 0. The van der Waals surface area contributed by atoms with E-state index in [-0.39, 0.29) is 11.5 Å². The molecule has 0 aromatic heterocycles. The standard InChI is InChI=1S/C9H20N6/c1-9(2)6-15(5-4-14(9)3)8(12)13-7(10)11/h4-6H2,1-3H3,(H5,10,11,12,13). The lowest BCUT2D eigenvalue weighted by molar-refractivity contribution is 0.0739. The van der Waals surface area contributed by atoms with Crippen LogP contribution in [-0.4, -0.2) is 53.9 Å². The van der Waals surface area contributed by atoms with Gasteiger partial charge in [-0.25, -0.2) is 0 Å². The van der Waals surface area contributed by atoms with Crippen molar-refractivity contribution in [3.63, 3.8) is 0 Å². The van der Waals surface area contributed by atoms with Crippen LogP contribution in [-0.2, 0) is 0 Å². The molecule has 0 aromatic rings. The summed E-state index contributed by atoms with van der Waals surface area (Å²) in [5.41, 5.74) is 11.0. The molecule has 15 heavy (non-hydrogen) atoms. The van der Waals surface area contributed by atoms with Gasteiger partial charge in [-0.2, -0.15) is 4.99 Å². The maximum Gasteiger partial charge on any atom is 0.215 e. The molecule has 6 nitrogen and oxygen atoms in total. The van der Waals surface area contributed by atoms with Crippen LogP contribution in [0, 0.1) is 5.41 Å². The summed E-state index contributed by atoms with van der Waals surface area (Å²) < 4.78 is 0. The SMILES string of the molecule is CN1CCN(/C(N)=N/C(=N)N)CC1(C)C. The Morgan fingerprint density at radius 2 is 1.93 bits per heavy atom. The van der Waals surface area contributed by atoms with Crippen molar-refractivity contribution in [1.82, 2.24) is 9.80 Å². The Kier molecular flexibility index (Phi) is 3.18. The van der Waals surface area contributed by atoms with Crippen molar-refractivity contribution in [2.45, 2.75) is 19.4 Å². The van der Waals surface area contributed by atoms with Crippen LogP contribution in [0.25, 0.3) is 0 Å². The van der Waals surface area contributed by atoms with Crippen molar-refractivity contribution in [1.29, 1.82) is 5.41 Å². The molecular formula is C9H20N6. The molecule has 0 saturated carbocycles. The van der Waals surface area contributed by atoms with E-state index in [9.17, 15) is 0 Å². The second-order valence-corrected chi connectivity index (χ2v) is 4.51. The van der Waals surface area contributed by atoms with Gasteiger partial charge in [0.1, 0.15) is 0 Å². The minimum absolute atomic E-state index is 0.0647. The van der Waals surface area contributed by atoms with Crippen molar-refractivity contribution in [2.24, 2.45) is 16.5 Å². The molecule has 0 aromatic carbocycles. The lowest BCUT2D eigenvalue weighted by Gasteiger charge is -2.45. The van der Waals surface area contributed by atoms with Crippen LogP contribution in [0.1, 0.15) is 13.8 Å². The molecule has 1 rings (SSSR count). The van der Waals surface area contributed by atoms with Gasteiger partial charge in [-0.05, 0) is 20.9 Å². The zero-order valence-electron chi connectivity index (χ0n) is 9.62. The zero-order valence-corrected chi connectivity index (χ0v) is 9.62. The molecule has 0 radical (unpaired) electrons. The second kappa shape index (κ2) is 4.06. The number of nitrogens with zero attached hydrogens (tertiary/aromatic N) is 3. The number of piperazine rings is 1. The second-order valence-electron chi connectivity index (χ2n) is 4.51. The van der Waals surface area contributed by atoms with Gasteiger partial charge in [0.15, 0.2) is 5.96 Å². The third-order valence-electron chi connectivity index (χ3n) is 2.88. The maximum absolute atomic E-state index is 7.06. The number of nitrogens with two attached hydrogens (primary N) is 2. The molecule has 0 spiro atoms. The monoisotopic (exact) mass is 212 g/mol. The molecule has 1 aliphatic heterocycles. The number of likely N-dealkylation sites (N-methyl/N-ethyl adjacent to an activating group) is 1. The lowest BCUT2D eigenvalue weighted by atomic mass is 10.0. The Morgan fingerprint density at radius 1 is 1.33 bits per heavy atom. The highest BCUT2D eigenvalue weighted by atomic mass is 15.3. The largest absolute Gasteiger partial charge is 0.369 e. The molecule has 1 fully saturated rings. The van der Waals surface area contributed by atoms with E-state index in [1.807, 2.05) is 4.90 Å². The fourth-order valence-corrected chi connectivity index (χ4v) is 1.63. The van der Waals surface area contributed by atoms with E-state index in [1.165, 1.54) is 0 Å². The highest BCUT2D eigenvalue weighted by Crippen LogP contribution is 2.18. The quantitative estimate of drug-likeness (QED) is 0.362. The summed E-state index contributed by atoms with van der Waals surface area (Å²) in [5, 5.41) is 7.06. The summed E-state index contributed by atoms with van der Waals surface area (Å²) in [7, 11) is 2.09. The van der Waals surface area contributed by atoms with Gasteiger partial charge in [-0.15, -0.1) is 0 Å². The molecule has 0 unspecified atom stereocenters. The predicted octanol–water partition coefficient (Wildman–Crippen LogP) is -0.779. The molecule has 5 N–H and O–H groups in total. The van der Waals surface area contributed by atoms with Crippen LogP contribution in [0.2, 0.25) is 0 Å². The molecule has 0 atom stereocenters. The van der Waals surface area contributed by atoms with Gasteiger partial charge in [0.25, 0.3) is 0 Å². The van der Waals surface area contributed by atoms with Crippen molar-refractivity contribution in [3.8, 4) is 0 Å². The molecule has 1 saturated heterocycles. The maximum atomic E-state index is 7.06. The molecule has 1 heterocycles. The summed E-state index contributed by atoms with van der Waals surface area (Å²) in [6.45, 7) is 6.86. The number of rotatable bonds is 0. The fourth-order valence-electron chi connectivity index (χ4n) is 1.63. The highest BCUT2D eigenvalue weighted by molar-refractivity contribution is 5.91. The average molecular weight is 212 g/mol. The van der Waals surface area contributed by atoms with Gasteiger partial charge < -0.3 is 16.4 Å². The number of guanidine groups is 2. The summed E-state index contributed by atoms with van der Waals surface area (Å²) in [5.74, 6) is 0.0907. The van der Waals surface area contributed by atoms with Gasteiger partial charge in [-0.3, -0.25) is 10.3 Å². The fraction of sp³-hybridized carbons (Fsp3) is 0.778. The van der Waals surface area contributed by atoms with Crippen LogP contribution in [0.5, 0.6) is 0 Å². The first-order valence-corrected chi connectivity index (χ1v) is 4.97. The van der Waals surface area contributed by atoms with Crippen molar-refractivity contribution < 1.29 is 0 Å². The number of nitrogens with one attached hydrogen (secondary N) is 1. The highest BCUT2D eigenvalue weighted by Gasteiger charge is 2.31. The number of hydrogen-bond donors (Lipinski definition) is 3. The summed E-state index contributed by atoms with van der Waals surface area (Å²) in [6, 6.07) is 0. The third kappa shape index (κ3) is 2.82. The Labute approximate surface area is 90.4 Å². The number of hydrogen-bond acceptors (Lipinski definition) is 2. The van der Waals surface area contributed by atoms with Crippen LogP contribution in [0.3, 0.4) is 0 Å². The van der Waals surface area contributed by atoms with E-state index in [1.54, 1.807) is 0 Å². The van der Waals surface area contributed by atoms with Gasteiger partial charge in [0.2, 0.25) is 5.96 Å². The average Bonchev–Trinajstić information content (AvgIpc) is 2.08. The van der Waals surface area contributed by atoms with Crippen molar-refractivity contribution >= 4 is 11.9 Å². The Bertz CT molecular complexity index is 282. The van der Waals surface area contributed by atoms with Crippen molar-refractivity contribution in [3.05, 3.63) is 0 Å². The van der Waals surface area contributed by atoms with Gasteiger partial charge >= 0.3 is 0 Å². The minimum Gasteiger partial charge on any atom is -0.369 e. The molecule has 6 heteroatoms. The van der Waals surface area contributed by atoms with E-state index in [0.717, 1.165) is 19.6 Å². The van der Waals surface area contributed by atoms with E-state index in [0.29, 0.717) is 5.96 Å². The van der Waals surface area contributed by atoms with Crippen LogP contribution >= 0.6 is 0 Å². The smallest absolute Gasteiger partial charge is 0.215 e. The predicted molar refractivity (Wildman–Crippen MR) is 61.8 cm³/mol. The van der Waals surface area contributed by atoms with E-state index in [4.69, 9.17) is 16.9 Å². The minimum atomic E-state index is -0.246.